The molecule has 1 rings (SSSR count). The zero-order valence-electron chi connectivity index (χ0n) is 7.65. The normalized spacial score (nSPS) is 9.50. The highest BCUT2D eigenvalue weighted by Crippen LogP contribution is 2.30. The predicted octanol–water partition coefficient (Wildman–Crippen LogP) is 0.663. The average Bonchev–Trinajstić information content (AvgIpc) is 2.20. The van der Waals surface area contributed by atoms with Gasteiger partial charge < -0.3 is 9.84 Å². The number of nitriles is 1. The Labute approximate surface area is 81.2 Å². The van der Waals surface area contributed by atoms with Crippen molar-refractivity contribution in [2.75, 3.05) is 7.11 Å². The number of rotatable bonds is 3. The maximum atomic E-state index is 9.46. The van der Waals surface area contributed by atoms with E-state index in [1.165, 1.54) is 13.2 Å². The molecule has 0 aliphatic carbocycles. The lowest BCUT2D eigenvalue weighted by atomic mass is 10.1. The molecule has 0 saturated carbocycles. The summed E-state index contributed by atoms with van der Waals surface area (Å²) in [7, 11) is 1.41. The molecule has 14 heavy (non-hydrogen) atoms. The summed E-state index contributed by atoms with van der Waals surface area (Å²) in [5, 5.41) is 18.2. The van der Waals surface area contributed by atoms with Crippen LogP contribution in [-0.2, 0) is 11.4 Å². The van der Waals surface area contributed by atoms with Crippen molar-refractivity contribution in [1.29, 1.82) is 5.26 Å². The fourth-order valence-corrected chi connectivity index (χ4v) is 1.09. The highest BCUT2D eigenvalue weighted by molar-refractivity contribution is 5.53. The number of aromatic hydroxyl groups is 1. The molecule has 0 atom stereocenters. The van der Waals surface area contributed by atoms with E-state index in [1.807, 2.05) is 6.07 Å². The fraction of sp³-hybridized carbons (Fsp3) is 0.222. The third-order valence-electron chi connectivity index (χ3n) is 1.73. The molecule has 3 N–H and O–H groups in total. The van der Waals surface area contributed by atoms with Gasteiger partial charge in [0.2, 0.25) is 0 Å². The van der Waals surface area contributed by atoms with Gasteiger partial charge in [-0.2, -0.15) is 5.26 Å². The van der Waals surface area contributed by atoms with E-state index in [9.17, 15) is 5.11 Å². The molecule has 0 radical (unpaired) electrons. The van der Waals surface area contributed by atoms with Gasteiger partial charge in [-0.05, 0) is 17.7 Å². The molecule has 0 heterocycles. The van der Waals surface area contributed by atoms with E-state index in [1.54, 1.807) is 6.07 Å². The molecule has 74 valence electrons. The quantitative estimate of drug-likeness (QED) is 0.690. The first-order chi connectivity index (χ1) is 6.72. The Bertz CT molecular complexity index is 371. The van der Waals surface area contributed by atoms with Crippen LogP contribution in [0.2, 0.25) is 0 Å². The summed E-state index contributed by atoms with van der Waals surface area (Å²) in [6.45, 7) is 0.158. The molecule has 0 aliphatic heterocycles. The van der Waals surface area contributed by atoms with Gasteiger partial charge in [0.1, 0.15) is 6.07 Å². The number of nitrogens with two attached hydrogens (primary N) is 1. The van der Waals surface area contributed by atoms with E-state index in [2.05, 4.69) is 4.84 Å². The van der Waals surface area contributed by atoms with Gasteiger partial charge in [-0.1, -0.05) is 0 Å². The summed E-state index contributed by atoms with van der Waals surface area (Å²) >= 11 is 0. The Balaban J connectivity index is 3.19. The molecule has 0 aliphatic rings. The largest absolute Gasteiger partial charge is 0.503 e. The topological polar surface area (TPSA) is 88.5 Å². The number of hydrogen-bond donors (Lipinski definition) is 2. The minimum atomic E-state index is -0.171. The third-order valence-corrected chi connectivity index (χ3v) is 1.73. The van der Waals surface area contributed by atoms with Crippen molar-refractivity contribution in [2.24, 2.45) is 5.90 Å². The second-order valence-electron chi connectivity index (χ2n) is 2.62. The van der Waals surface area contributed by atoms with Gasteiger partial charge in [-0.3, -0.25) is 4.84 Å². The SMILES string of the molecule is COc1cc(CON)cc(C#N)c1O. The number of ether oxygens (including phenoxy) is 1. The molecule has 5 nitrogen and oxygen atoms in total. The summed E-state index contributed by atoms with van der Waals surface area (Å²) < 4.78 is 4.88. The van der Waals surface area contributed by atoms with Gasteiger partial charge >= 0.3 is 0 Å². The molecular weight excluding hydrogens is 184 g/mol. The van der Waals surface area contributed by atoms with Crippen LogP contribution >= 0.6 is 0 Å². The number of phenols is 1. The van der Waals surface area contributed by atoms with Crippen LogP contribution in [0.15, 0.2) is 12.1 Å². The van der Waals surface area contributed by atoms with Crippen molar-refractivity contribution >= 4 is 0 Å². The van der Waals surface area contributed by atoms with Crippen LogP contribution in [0.5, 0.6) is 11.5 Å². The number of methoxy groups -OCH3 is 1. The molecule has 0 spiro atoms. The van der Waals surface area contributed by atoms with Crippen molar-refractivity contribution in [3.8, 4) is 17.6 Å². The lowest BCUT2D eigenvalue weighted by Crippen LogP contribution is -2.00. The Morgan fingerprint density at radius 2 is 2.29 bits per heavy atom. The van der Waals surface area contributed by atoms with Crippen LogP contribution in [0.3, 0.4) is 0 Å². The van der Waals surface area contributed by atoms with Crippen LogP contribution < -0.4 is 10.6 Å². The van der Waals surface area contributed by atoms with E-state index in [0.29, 0.717) is 5.56 Å². The lowest BCUT2D eigenvalue weighted by molar-refractivity contribution is 0.124. The zero-order valence-corrected chi connectivity index (χ0v) is 7.65. The summed E-state index contributed by atoms with van der Waals surface area (Å²) in [6, 6.07) is 4.89. The number of nitrogens with zero attached hydrogens (tertiary/aromatic N) is 1. The van der Waals surface area contributed by atoms with E-state index in [4.69, 9.17) is 15.9 Å². The first kappa shape index (κ1) is 10.3. The van der Waals surface area contributed by atoms with Crippen LogP contribution in [0, 0.1) is 11.3 Å². The standard InChI is InChI=1S/C9H10N2O3/c1-13-8-3-6(5-14-11)2-7(4-10)9(8)12/h2-3,12H,5,11H2,1H3. The Morgan fingerprint density at radius 1 is 1.57 bits per heavy atom. The average molecular weight is 194 g/mol. The molecule has 5 heteroatoms. The van der Waals surface area contributed by atoms with Gasteiger partial charge in [0.15, 0.2) is 11.5 Å². The van der Waals surface area contributed by atoms with Crippen LogP contribution in [0.4, 0.5) is 0 Å². The first-order valence-electron chi connectivity index (χ1n) is 3.84. The van der Waals surface area contributed by atoms with E-state index >= 15 is 0 Å². The summed E-state index contributed by atoms with van der Waals surface area (Å²) in [5.41, 5.74) is 0.801. The van der Waals surface area contributed by atoms with Crippen molar-refractivity contribution in [3.05, 3.63) is 23.3 Å². The van der Waals surface area contributed by atoms with Crippen LogP contribution in [0.1, 0.15) is 11.1 Å². The van der Waals surface area contributed by atoms with Crippen molar-refractivity contribution in [3.63, 3.8) is 0 Å². The summed E-state index contributed by atoms with van der Waals surface area (Å²) in [5.74, 6) is 4.96. The molecule has 0 fully saturated rings. The van der Waals surface area contributed by atoms with Gasteiger partial charge in [-0.15, -0.1) is 0 Å². The zero-order chi connectivity index (χ0) is 10.6. The predicted molar refractivity (Wildman–Crippen MR) is 48.4 cm³/mol. The Kier molecular flexibility index (Phi) is 3.29. The maximum Gasteiger partial charge on any atom is 0.175 e. The fourth-order valence-electron chi connectivity index (χ4n) is 1.09. The number of hydrogen-bond acceptors (Lipinski definition) is 5. The van der Waals surface area contributed by atoms with Gasteiger partial charge in [0.05, 0.1) is 19.3 Å². The maximum absolute atomic E-state index is 9.46. The molecule has 0 unspecified atom stereocenters. The van der Waals surface area contributed by atoms with Gasteiger partial charge in [0, 0.05) is 0 Å². The third kappa shape index (κ3) is 1.93. The Morgan fingerprint density at radius 3 is 2.79 bits per heavy atom. The van der Waals surface area contributed by atoms with Crippen LogP contribution in [0.25, 0.3) is 0 Å². The molecule has 0 bridgehead atoms. The molecule has 0 aromatic heterocycles. The second-order valence-corrected chi connectivity index (χ2v) is 2.62. The van der Waals surface area contributed by atoms with E-state index < -0.39 is 0 Å². The van der Waals surface area contributed by atoms with Gasteiger partial charge in [0.25, 0.3) is 0 Å². The minimum absolute atomic E-state index is 0.136. The molecule has 1 aromatic carbocycles. The summed E-state index contributed by atoms with van der Waals surface area (Å²) in [6.07, 6.45) is 0. The monoisotopic (exact) mass is 194 g/mol. The van der Waals surface area contributed by atoms with Gasteiger partial charge in [-0.25, -0.2) is 5.90 Å². The molecular formula is C9H10N2O3. The molecule has 0 saturated heterocycles. The number of phenolic OH excluding ortho intramolecular Hbond substituents is 1. The second kappa shape index (κ2) is 4.46. The first-order valence-corrected chi connectivity index (χ1v) is 3.84. The highest BCUT2D eigenvalue weighted by atomic mass is 16.6. The smallest absolute Gasteiger partial charge is 0.175 e. The highest BCUT2D eigenvalue weighted by Gasteiger charge is 2.09. The molecule has 1 aromatic rings. The lowest BCUT2D eigenvalue weighted by Gasteiger charge is -2.07. The van der Waals surface area contributed by atoms with E-state index in [-0.39, 0.29) is 23.7 Å². The minimum Gasteiger partial charge on any atom is -0.503 e. The van der Waals surface area contributed by atoms with Crippen molar-refractivity contribution < 1.29 is 14.7 Å². The summed E-state index contributed by atoms with van der Waals surface area (Å²) in [4.78, 5) is 4.42. The number of benzene rings is 1. The Hall–Kier alpha value is -1.77. The van der Waals surface area contributed by atoms with Crippen LogP contribution in [-0.4, -0.2) is 12.2 Å². The van der Waals surface area contributed by atoms with Crippen molar-refractivity contribution in [2.45, 2.75) is 6.61 Å². The molecule has 0 amide bonds. The van der Waals surface area contributed by atoms with Crippen molar-refractivity contribution in [1.82, 2.24) is 0 Å². The van der Waals surface area contributed by atoms with E-state index in [0.717, 1.165) is 0 Å².